The van der Waals surface area contributed by atoms with Crippen molar-refractivity contribution in [1.29, 1.82) is 0 Å². The number of aromatic nitrogens is 4. The second-order valence-corrected chi connectivity index (χ2v) is 4.28. The number of benzene rings is 1. The number of fused-ring (bicyclic) bond motifs is 1. The fourth-order valence-corrected chi connectivity index (χ4v) is 2.00. The molecule has 0 unspecified atom stereocenters. The maximum absolute atomic E-state index is 11.9. The molecule has 0 atom stereocenters. The zero-order chi connectivity index (χ0) is 14.3. The Hall–Kier alpha value is -2.90. The molecule has 8 nitrogen and oxygen atoms in total. The van der Waals surface area contributed by atoms with E-state index >= 15 is 0 Å². The first-order valence-corrected chi connectivity index (χ1v) is 5.79. The lowest BCUT2D eigenvalue weighted by Crippen LogP contribution is -2.17. The summed E-state index contributed by atoms with van der Waals surface area (Å²) in [6.45, 7) is 1.82. The van der Waals surface area contributed by atoms with Crippen LogP contribution in [0.5, 0.6) is 0 Å². The van der Waals surface area contributed by atoms with Crippen molar-refractivity contribution in [3.05, 3.63) is 46.0 Å². The molecule has 0 aliphatic heterocycles. The molecule has 0 aliphatic rings. The Morgan fingerprint density at radius 1 is 1.50 bits per heavy atom. The van der Waals surface area contributed by atoms with Crippen molar-refractivity contribution in [3.63, 3.8) is 0 Å². The molecule has 102 valence electrons. The quantitative estimate of drug-likeness (QED) is 0.729. The minimum Gasteiger partial charge on any atom is -0.478 e. The van der Waals surface area contributed by atoms with Crippen LogP contribution in [-0.4, -0.2) is 30.8 Å². The van der Waals surface area contributed by atoms with E-state index in [9.17, 15) is 9.59 Å². The highest BCUT2D eigenvalue weighted by Crippen LogP contribution is 2.13. The summed E-state index contributed by atoms with van der Waals surface area (Å²) in [7, 11) is 0. The van der Waals surface area contributed by atoms with Gasteiger partial charge < -0.3 is 14.6 Å². The molecule has 20 heavy (non-hydrogen) atoms. The molecule has 8 heteroatoms. The number of aromatic carboxylic acids is 1. The predicted molar refractivity (Wildman–Crippen MR) is 67.7 cm³/mol. The van der Waals surface area contributed by atoms with Gasteiger partial charge in [0.05, 0.1) is 23.1 Å². The second-order valence-electron chi connectivity index (χ2n) is 4.28. The zero-order valence-corrected chi connectivity index (χ0v) is 10.5. The largest absolute Gasteiger partial charge is 0.478 e. The number of carbonyl (C=O) groups is 1. The van der Waals surface area contributed by atoms with Crippen molar-refractivity contribution in [2.75, 3.05) is 0 Å². The Labute approximate surface area is 111 Å². The molecule has 3 rings (SSSR count). The van der Waals surface area contributed by atoms with Crippen LogP contribution in [0.15, 0.2) is 27.5 Å². The minimum absolute atomic E-state index is 0.112. The first-order chi connectivity index (χ1) is 9.54. The molecule has 0 saturated carbocycles. The van der Waals surface area contributed by atoms with Gasteiger partial charge in [0.1, 0.15) is 0 Å². The minimum atomic E-state index is -1.05. The smallest absolute Gasteiger partial charge is 0.335 e. The molecule has 1 aromatic carbocycles. The Morgan fingerprint density at radius 3 is 2.95 bits per heavy atom. The van der Waals surface area contributed by atoms with Crippen LogP contribution in [0.2, 0.25) is 0 Å². The number of hydrogen-bond acceptors (Lipinski definition) is 5. The zero-order valence-electron chi connectivity index (χ0n) is 10.5. The highest BCUT2D eigenvalue weighted by molar-refractivity contribution is 5.92. The number of aryl methyl sites for hydroxylation is 1. The third kappa shape index (κ3) is 1.96. The lowest BCUT2D eigenvalue weighted by atomic mass is 10.2. The van der Waals surface area contributed by atoms with Crippen LogP contribution >= 0.6 is 0 Å². The Bertz CT molecular complexity index is 858. The molecule has 0 spiro atoms. The number of carboxylic acid groups (broad SMARTS) is 1. The van der Waals surface area contributed by atoms with Gasteiger partial charge in [0.25, 0.3) is 0 Å². The maximum atomic E-state index is 11.9. The van der Waals surface area contributed by atoms with Crippen LogP contribution in [0.1, 0.15) is 22.1 Å². The van der Waals surface area contributed by atoms with Crippen LogP contribution in [0.4, 0.5) is 0 Å². The lowest BCUT2D eigenvalue weighted by Gasteiger charge is -1.99. The number of hydrogen-bond donors (Lipinski definition) is 2. The normalized spacial score (nSPS) is 11.1. The van der Waals surface area contributed by atoms with E-state index < -0.39 is 5.97 Å². The van der Waals surface area contributed by atoms with E-state index in [4.69, 9.17) is 9.63 Å². The van der Waals surface area contributed by atoms with E-state index in [-0.39, 0.29) is 17.8 Å². The molecule has 0 radical (unpaired) electrons. The van der Waals surface area contributed by atoms with Crippen LogP contribution in [0.3, 0.4) is 0 Å². The van der Waals surface area contributed by atoms with Crippen molar-refractivity contribution in [2.24, 2.45) is 0 Å². The van der Waals surface area contributed by atoms with Gasteiger partial charge in [-0.2, -0.15) is 4.98 Å². The van der Waals surface area contributed by atoms with Gasteiger partial charge in [-0.3, -0.25) is 4.57 Å². The van der Waals surface area contributed by atoms with Crippen molar-refractivity contribution in [1.82, 2.24) is 19.7 Å². The van der Waals surface area contributed by atoms with Crippen molar-refractivity contribution >= 4 is 17.0 Å². The fourth-order valence-electron chi connectivity index (χ4n) is 2.00. The van der Waals surface area contributed by atoms with E-state index in [0.29, 0.717) is 22.7 Å². The molecule has 0 bridgehead atoms. The molecular formula is C12H10N4O4. The molecule has 2 N–H and O–H groups in total. The molecule has 0 amide bonds. The van der Waals surface area contributed by atoms with E-state index in [0.717, 1.165) is 0 Å². The second kappa shape index (κ2) is 4.34. The number of rotatable bonds is 3. The van der Waals surface area contributed by atoms with E-state index in [1.165, 1.54) is 16.7 Å². The Kier molecular flexibility index (Phi) is 2.63. The van der Waals surface area contributed by atoms with Crippen molar-refractivity contribution in [3.8, 4) is 0 Å². The van der Waals surface area contributed by atoms with Gasteiger partial charge in [-0.25, -0.2) is 9.59 Å². The first-order valence-electron chi connectivity index (χ1n) is 5.79. The predicted octanol–water partition coefficient (Wildman–Crippen LogP) is 0.768. The SMILES string of the molecule is Cc1nc(Cn2c(=O)[nH]c3cc(C(=O)O)ccc32)no1. The van der Waals surface area contributed by atoms with Crippen molar-refractivity contribution < 1.29 is 14.4 Å². The summed E-state index contributed by atoms with van der Waals surface area (Å²) in [5.74, 6) is -0.247. The Morgan fingerprint density at radius 2 is 2.30 bits per heavy atom. The molecule has 0 fully saturated rings. The third-order valence-electron chi connectivity index (χ3n) is 2.89. The van der Waals surface area contributed by atoms with Crippen molar-refractivity contribution in [2.45, 2.75) is 13.5 Å². The van der Waals surface area contributed by atoms with Crippen LogP contribution in [0.25, 0.3) is 11.0 Å². The average molecular weight is 274 g/mol. The molecule has 2 aromatic heterocycles. The monoisotopic (exact) mass is 274 g/mol. The summed E-state index contributed by atoms with van der Waals surface area (Å²) >= 11 is 0. The van der Waals surface area contributed by atoms with E-state index in [1.54, 1.807) is 13.0 Å². The van der Waals surface area contributed by atoms with Gasteiger partial charge in [-0.05, 0) is 18.2 Å². The number of aromatic amines is 1. The summed E-state index contributed by atoms with van der Waals surface area (Å²) < 4.78 is 6.27. The molecule has 2 heterocycles. The summed E-state index contributed by atoms with van der Waals surface area (Å²) in [5.41, 5.74) is 0.795. The summed E-state index contributed by atoms with van der Waals surface area (Å²) in [6.07, 6.45) is 0. The molecule has 3 aromatic rings. The molecule has 0 aliphatic carbocycles. The lowest BCUT2D eigenvalue weighted by molar-refractivity contribution is 0.0697. The topological polar surface area (TPSA) is 114 Å². The van der Waals surface area contributed by atoms with E-state index in [1.807, 2.05) is 0 Å². The first kappa shape index (κ1) is 12.2. The van der Waals surface area contributed by atoms with Gasteiger partial charge in [0.15, 0.2) is 5.82 Å². The Balaban J connectivity index is 2.09. The van der Waals surface area contributed by atoms with Gasteiger partial charge >= 0.3 is 11.7 Å². The fraction of sp³-hybridized carbons (Fsp3) is 0.167. The summed E-state index contributed by atoms with van der Waals surface area (Å²) in [5, 5.41) is 12.7. The van der Waals surface area contributed by atoms with Crippen LogP contribution in [-0.2, 0) is 6.54 Å². The van der Waals surface area contributed by atoms with Gasteiger partial charge in [0.2, 0.25) is 5.89 Å². The maximum Gasteiger partial charge on any atom is 0.335 e. The average Bonchev–Trinajstić information content (AvgIpc) is 2.94. The highest BCUT2D eigenvalue weighted by atomic mass is 16.5. The van der Waals surface area contributed by atoms with Crippen LogP contribution in [0, 0.1) is 6.92 Å². The van der Waals surface area contributed by atoms with Gasteiger partial charge in [-0.15, -0.1) is 0 Å². The highest BCUT2D eigenvalue weighted by Gasteiger charge is 2.12. The molecule has 0 saturated heterocycles. The summed E-state index contributed by atoms with van der Waals surface area (Å²) in [4.78, 5) is 29.4. The summed E-state index contributed by atoms with van der Waals surface area (Å²) in [6, 6.07) is 4.43. The van der Waals surface area contributed by atoms with Crippen LogP contribution < -0.4 is 5.69 Å². The standard InChI is InChI=1S/C12H10N4O4/c1-6-13-10(15-20-6)5-16-9-3-2-7(11(17)18)4-8(9)14-12(16)19/h2-4H,5H2,1H3,(H,14,19)(H,17,18). The third-order valence-corrected chi connectivity index (χ3v) is 2.89. The van der Waals surface area contributed by atoms with Gasteiger partial charge in [0, 0.05) is 6.92 Å². The number of H-pyrrole nitrogens is 1. The molecular weight excluding hydrogens is 264 g/mol. The van der Waals surface area contributed by atoms with Gasteiger partial charge in [-0.1, -0.05) is 5.16 Å². The number of imidazole rings is 1. The van der Waals surface area contributed by atoms with E-state index in [2.05, 4.69) is 15.1 Å². The number of carboxylic acids is 1. The number of nitrogens with one attached hydrogen (secondary N) is 1. The number of nitrogens with zero attached hydrogens (tertiary/aromatic N) is 3.